The number of pyridine rings is 1. The molecule has 7 nitrogen and oxygen atoms in total. The molecule has 4 aromatic rings. The summed E-state index contributed by atoms with van der Waals surface area (Å²) in [7, 11) is 0. The maximum Gasteiger partial charge on any atom is 0.262 e. The molecule has 0 saturated heterocycles. The van der Waals surface area contributed by atoms with Crippen LogP contribution in [-0.2, 0) is 0 Å². The lowest BCUT2D eigenvalue weighted by Gasteiger charge is -2.18. The van der Waals surface area contributed by atoms with Gasteiger partial charge in [-0.1, -0.05) is 55.9 Å². The van der Waals surface area contributed by atoms with Crippen molar-refractivity contribution in [3.8, 4) is 17.1 Å². The largest absolute Gasteiger partial charge is 0.270 e. The number of carbonyl (C=O) groups excluding carboxylic acids is 2. The molecule has 3 heterocycles. The second-order valence-electron chi connectivity index (χ2n) is 7.95. The topological polar surface area (TPSA) is 81.0 Å². The van der Waals surface area contributed by atoms with Crippen LogP contribution in [0.2, 0.25) is 0 Å². The Morgan fingerprint density at radius 3 is 2.24 bits per heavy atom. The zero-order valence-electron chi connectivity index (χ0n) is 18.2. The predicted molar refractivity (Wildman–Crippen MR) is 126 cm³/mol. The fourth-order valence-corrected chi connectivity index (χ4v) is 4.81. The maximum atomic E-state index is 12.8. The summed E-state index contributed by atoms with van der Waals surface area (Å²) >= 11 is 1.31. The number of aromatic nitrogens is 4. The van der Waals surface area contributed by atoms with Gasteiger partial charge in [0.15, 0.2) is 11.0 Å². The highest BCUT2D eigenvalue weighted by Gasteiger charge is 2.35. The van der Waals surface area contributed by atoms with Crippen molar-refractivity contribution in [1.29, 1.82) is 0 Å². The minimum atomic E-state index is -0.288. The van der Waals surface area contributed by atoms with E-state index in [4.69, 9.17) is 0 Å². The van der Waals surface area contributed by atoms with Crippen molar-refractivity contribution in [2.45, 2.75) is 24.9 Å². The van der Waals surface area contributed by atoms with Gasteiger partial charge in [0.05, 0.1) is 22.7 Å². The Bertz CT molecular complexity index is 1310. The first-order valence-corrected chi connectivity index (χ1v) is 11.6. The Kier molecular flexibility index (Phi) is 5.51. The number of rotatable bonds is 6. The molecule has 0 atom stereocenters. The van der Waals surface area contributed by atoms with E-state index in [9.17, 15) is 9.59 Å². The van der Waals surface area contributed by atoms with Gasteiger partial charge in [-0.2, -0.15) is 0 Å². The third kappa shape index (κ3) is 3.72. The maximum absolute atomic E-state index is 12.8. The molecular formula is C25H21N5O2S. The summed E-state index contributed by atoms with van der Waals surface area (Å²) in [5.41, 5.74) is 3.80. The number of fused-ring (bicyclic) bond motifs is 1. The number of carbonyl (C=O) groups is 2. The van der Waals surface area contributed by atoms with Crippen LogP contribution < -0.4 is 0 Å². The van der Waals surface area contributed by atoms with Crippen LogP contribution in [0, 0.1) is 0 Å². The van der Waals surface area contributed by atoms with Crippen LogP contribution in [0.5, 0.6) is 0 Å². The Hall–Kier alpha value is -3.78. The van der Waals surface area contributed by atoms with Crippen LogP contribution in [0.15, 0.2) is 78.2 Å². The van der Waals surface area contributed by atoms with Gasteiger partial charge in [0.25, 0.3) is 11.8 Å². The molecule has 2 aromatic carbocycles. The molecule has 0 saturated carbocycles. The Morgan fingerprint density at radius 2 is 1.58 bits per heavy atom. The highest BCUT2D eigenvalue weighted by molar-refractivity contribution is 7.99. The van der Waals surface area contributed by atoms with Crippen molar-refractivity contribution in [2.75, 3.05) is 5.88 Å². The molecule has 0 fully saturated rings. The van der Waals surface area contributed by atoms with Gasteiger partial charge in [0.1, 0.15) is 0 Å². The first kappa shape index (κ1) is 21.1. The summed E-state index contributed by atoms with van der Waals surface area (Å²) in [5.74, 6) is 0.496. The fourth-order valence-electron chi connectivity index (χ4n) is 3.92. The van der Waals surface area contributed by atoms with Crippen LogP contribution in [0.1, 0.15) is 46.0 Å². The number of benzene rings is 2. The molecule has 0 unspecified atom stereocenters. The fraction of sp³-hybridized carbons (Fsp3) is 0.160. The van der Waals surface area contributed by atoms with E-state index < -0.39 is 0 Å². The van der Waals surface area contributed by atoms with Gasteiger partial charge in [0.2, 0.25) is 0 Å². The van der Waals surface area contributed by atoms with Crippen LogP contribution in [0.25, 0.3) is 17.1 Å². The summed E-state index contributed by atoms with van der Waals surface area (Å²) in [6.45, 7) is 4.27. The van der Waals surface area contributed by atoms with Crippen molar-refractivity contribution < 1.29 is 9.59 Å². The average molecular weight is 456 g/mol. The summed E-state index contributed by atoms with van der Waals surface area (Å²) in [4.78, 5) is 31.1. The smallest absolute Gasteiger partial charge is 0.262 e. The number of amides is 2. The van der Waals surface area contributed by atoms with Gasteiger partial charge in [-0.3, -0.25) is 24.0 Å². The third-order valence-electron chi connectivity index (χ3n) is 5.55. The molecule has 0 spiro atoms. The molecular weight excluding hydrogens is 434 g/mol. The van der Waals surface area contributed by atoms with Gasteiger partial charge in [-0.15, -0.1) is 10.2 Å². The number of imide groups is 1. The van der Waals surface area contributed by atoms with Crippen LogP contribution in [0.3, 0.4) is 0 Å². The van der Waals surface area contributed by atoms with Crippen molar-refractivity contribution >= 4 is 23.6 Å². The van der Waals surface area contributed by atoms with E-state index in [2.05, 4.69) is 35.1 Å². The molecule has 0 N–H and O–H groups in total. The number of nitrogens with zero attached hydrogens (tertiary/aromatic N) is 5. The van der Waals surface area contributed by atoms with Gasteiger partial charge in [-0.05, 0) is 41.8 Å². The van der Waals surface area contributed by atoms with E-state index >= 15 is 0 Å². The van der Waals surface area contributed by atoms with E-state index in [0.29, 0.717) is 22.1 Å². The second kappa shape index (κ2) is 8.63. The molecule has 1 aliphatic heterocycles. The molecule has 0 bridgehead atoms. The molecule has 2 aromatic heterocycles. The SMILES string of the molecule is CC(C)c1ccccc1-n1c(SCN2C(=O)c3ccccc3C2=O)nnc1-c1cccnc1. The monoisotopic (exact) mass is 455 g/mol. The van der Waals surface area contributed by atoms with Crippen molar-refractivity contribution in [2.24, 2.45) is 0 Å². The minimum Gasteiger partial charge on any atom is -0.270 e. The Labute approximate surface area is 195 Å². The van der Waals surface area contributed by atoms with Crippen molar-refractivity contribution in [3.05, 3.63) is 89.7 Å². The zero-order valence-corrected chi connectivity index (χ0v) is 19.0. The summed E-state index contributed by atoms with van der Waals surface area (Å²) < 4.78 is 1.98. The van der Waals surface area contributed by atoms with E-state index in [1.807, 2.05) is 34.9 Å². The highest BCUT2D eigenvalue weighted by atomic mass is 32.2. The molecule has 0 radical (unpaired) electrons. The third-order valence-corrected chi connectivity index (χ3v) is 6.46. The summed E-state index contributed by atoms with van der Waals surface area (Å²) in [6, 6.07) is 18.8. The van der Waals surface area contributed by atoms with Crippen LogP contribution in [-0.4, -0.2) is 42.3 Å². The Morgan fingerprint density at radius 1 is 0.879 bits per heavy atom. The second-order valence-corrected chi connectivity index (χ2v) is 8.87. The van der Waals surface area contributed by atoms with Crippen LogP contribution >= 0.6 is 11.8 Å². The van der Waals surface area contributed by atoms with Crippen LogP contribution in [0.4, 0.5) is 0 Å². The first-order valence-electron chi connectivity index (χ1n) is 10.6. The Balaban J connectivity index is 1.54. The summed E-state index contributed by atoms with van der Waals surface area (Å²) in [5, 5.41) is 9.47. The molecule has 1 aliphatic rings. The number of thioether (sulfide) groups is 1. The normalized spacial score (nSPS) is 13.1. The standard InChI is InChI=1S/C25H21N5O2S/c1-16(2)18-9-5-6-12-21(18)30-22(17-8-7-13-26-14-17)27-28-25(30)33-15-29-23(31)19-10-3-4-11-20(19)24(29)32/h3-14,16H,15H2,1-2H3. The molecule has 164 valence electrons. The lowest BCUT2D eigenvalue weighted by Crippen LogP contribution is -2.29. The van der Waals surface area contributed by atoms with Gasteiger partial charge in [0, 0.05) is 18.0 Å². The van der Waals surface area contributed by atoms with E-state index in [0.717, 1.165) is 16.8 Å². The molecule has 0 aliphatic carbocycles. The van der Waals surface area contributed by atoms with Crippen molar-refractivity contribution in [1.82, 2.24) is 24.6 Å². The van der Waals surface area contributed by atoms with Gasteiger partial charge in [-0.25, -0.2) is 0 Å². The predicted octanol–water partition coefficient (Wildman–Crippen LogP) is 4.80. The lowest BCUT2D eigenvalue weighted by atomic mass is 10.0. The number of hydrogen-bond acceptors (Lipinski definition) is 6. The molecule has 2 amide bonds. The van der Waals surface area contributed by atoms with Gasteiger partial charge >= 0.3 is 0 Å². The average Bonchev–Trinajstić information content (AvgIpc) is 3.37. The molecule has 33 heavy (non-hydrogen) atoms. The lowest BCUT2D eigenvalue weighted by molar-refractivity contribution is 0.0684. The van der Waals surface area contributed by atoms with E-state index in [1.165, 1.54) is 16.7 Å². The van der Waals surface area contributed by atoms with E-state index in [-0.39, 0.29) is 23.6 Å². The van der Waals surface area contributed by atoms with E-state index in [1.54, 1.807) is 36.7 Å². The van der Waals surface area contributed by atoms with Gasteiger partial charge < -0.3 is 0 Å². The first-order chi connectivity index (χ1) is 16.1. The zero-order chi connectivity index (χ0) is 22.9. The molecule has 5 rings (SSSR count). The van der Waals surface area contributed by atoms with Crippen molar-refractivity contribution in [3.63, 3.8) is 0 Å². The highest BCUT2D eigenvalue weighted by Crippen LogP contribution is 2.33. The molecule has 8 heteroatoms. The number of hydrogen-bond donors (Lipinski definition) is 0. The number of para-hydroxylation sites is 1. The summed E-state index contributed by atoms with van der Waals surface area (Å²) in [6.07, 6.45) is 3.46. The quantitative estimate of drug-likeness (QED) is 0.307. The minimum absolute atomic E-state index is 0.140.